The van der Waals surface area contributed by atoms with Crippen LogP contribution in [0.2, 0.25) is 5.02 Å². The third kappa shape index (κ3) is 2.11. The van der Waals surface area contributed by atoms with Crippen molar-refractivity contribution >= 4 is 17.4 Å². The maximum atomic E-state index is 13.7. The van der Waals surface area contributed by atoms with Gasteiger partial charge in [-0.05, 0) is 32.0 Å². The lowest BCUT2D eigenvalue weighted by Gasteiger charge is -2.02. The minimum atomic E-state index is -0.697. The second-order valence-electron chi connectivity index (χ2n) is 3.76. The van der Waals surface area contributed by atoms with Crippen molar-refractivity contribution in [3.05, 3.63) is 57.8 Å². The Morgan fingerprint density at radius 1 is 1.29 bits per heavy atom. The molecule has 0 aliphatic rings. The summed E-state index contributed by atoms with van der Waals surface area (Å²) in [6.45, 7) is 3.40. The van der Waals surface area contributed by atoms with Crippen LogP contribution >= 0.6 is 11.6 Å². The highest BCUT2D eigenvalue weighted by Crippen LogP contribution is 2.23. The van der Waals surface area contributed by atoms with Crippen molar-refractivity contribution in [3.8, 4) is 0 Å². The first-order valence-electron chi connectivity index (χ1n) is 5.06. The van der Waals surface area contributed by atoms with Gasteiger partial charge in [0.1, 0.15) is 11.5 Å². The van der Waals surface area contributed by atoms with E-state index in [4.69, 9.17) is 16.0 Å². The molecule has 0 aliphatic heterocycles. The molecule has 2 rings (SSSR count). The van der Waals surface area contributed by atoms with E-state index in [1.165, 1.54) is 12.1 Å². The number of carbonyl (C=O) groups excluding carboxylic acids is 1. The molecule has 0 saturated heterocycles. The Kier molecular flexibility index (Phi) is 3.03. The summed E-state index contributed by atoms with van der Waals surface area (Å²) in [4.78, 5) is 12.1. The van der Waals surface area contributed by atoms with Gasteiger partial charge in [0.15, 0.2) is 11.6 Å². The van der Waals surface area contributed by atoms with Crippen molar-refractivity contribution in [3.63, 3.8) is 0 Å². The zero-order chi connectivity index (χ0) is 12.6. The van der Waals surface area contributed by atoms with Gasteiger partial charge in [0.2, 0.25) is 0 Å². The van der Waals surface area contributed by atoms with E-state index in [-0.39, 0.29) is 10.6 Å². The van der Waals surface area contributed by atoms with Crippen LogP contribution in [0.3, 0.4) is 0 Å². The molecule has 2 aromatic rings. The van der Waals surface area contributed by atoms with Crippen LogP contribution in [0, 0.1) is 19.7 Å². The molecule has 1 aromatic heterocycles. The number of rotatable bonds is 2. The molecule has 0 N–H and O–H groups in total. The molecule has 2 nitrogen and oxygen atoms in total. The lowest BCUT2D eigenvalue weighted by atomic mass is 10.0. The summed E-state index contributed by atoms with van der Waals surface area (Å²) in [7, 11) is 0. The molecule has 0 fully saturated rings. The van der Waals surface area contributed by atoms with Gasteiger partial charge in [0, 0.05) is 0 Å². The Labute approximate surface area is 103 Å². The van der Waals surface area contributed by atoms with Crippen molar-refractivity contribution < 1.29 is 13.6 Å². The molecule has 0 bridgehead atoms. The Balaban J connectivity index is 2.51. The Morgan fingerprint density at radius 3 is 2.59 bits per heavy atom. The molecule has 0 saturated carbocycles. The van der Waals surface area contributed by atoms with E-state index in [2.05, 4.69) is 0 Å². The van der Waals surface area contributed by atoms with Gasteiger partial charge >= 0.3 is 0 Å². The summed E-state index contributed by atoms with van der Waals surface area (Å²) in [5.74, 6) is -0.0167. The van der Waals surface area contributed by atoms with E-state index in [9.17, 15) is 9.18 Å². The number of aryl methyl sites for hydroxylation is 2. The standard InChI is InChI=1S/C13H10ClFO2/c1-7-6-10(8(2)17-7)13(16)9-4-3-5-11(14)12(9)15/h3-6H,1-2H3. The third-order valence-corrected chi connectivity index (χ3v) is 2.77. The summed E-state index contributed by atoms with van der Waals surface area (Å²) < 4.78 is 18.9. The molecule has 4 heteroatoms. The van der Waals surface area contributed by atoms with Crippen LogP contribution in [0.25, 0.3) is 0 Å². The highest BCUT2D eigenvalue weighted by atomic mass is 35.5. The number of halogens is 2. The summed E-state index contributed by atoms with van der Waals surface area (Å²) in [5, 5.41) is -0.0614. The first-order chi connectivity index (χ1) is 8.00. The summed E-state index contributed by atoms with van der Waals surface area (Å²) in [5.41, 5.74) is 0.324. The fourth-order valence-electron chi connectivity index (χ4n) is 1.68. The highest BCUT2D eigenvalue weighted by molar-refractivity contribution is 6.31. The first kappa shape index (κ1) is 11.9. The Morgan fingerprint density at radius 2 is 2.00 bits per heavy atom. The Hall–Kier alpha value is -1.61. The second kappa shape index (κ2) is 4.34. The number of hydrogen-bond donors (Lipinski definition) is 0. The van der Waals surface area contributed by atoms with Crippen molar-refractivity contribution in [2.75, 3.05) is 0 Å². The predicted molar refractivity (Wildman–Crippen MR) is 63.0 cm³/mol. The number of carbonyl (C=O) groups is 1. The number of furan rings is 1. The van der Waals surface area contributed by atoms with Gasteiger partial charge in [0.25, 0.3) is 0 Å². The molecule has 17 heavy (non-hydrogen) atoms. The fourth-order valence-corrected chi connectivity index (χ4v) is 1.86. The third-order valence-electron chi connectivity index (χ3n) is 2.48. The highest BCUT2D eigenvalue weighted by Gasteiger charge is 2.19. The minimum Gasteiger partial charge on any atom is -0.466 e. The molecular weight excluding hydrogens is 243 g/mol. The van der Waals surface area contributed by atoms with Gasteiger partial charge in [-0.3, -0.25) is 4.79 Å². The zero-order valence-electron chi connectivity index (χ0n) is 9.38. The molecule has 0 unspecified atom stereocenters. The molecule has 0 aliphatic carbocycles. The van der Waals surface area contributed by atoms with E-state index >= 15 is 0 Å². The van der Waals surface area contributed by atoms with E-state index < -0.39 is 11.6 Å². The second-order valence-corrected chi connectivity index (χ2v) is 4.16. The molecule has 0 atom stereocenters. The molecular formula is C13H10ClFO2. The lowest BCUT2D eigenvalue weighted by molar-refractivity contribution is 0.103. The average molecular weight is 253 g/mol. The van der Waals surface area contributed by atoms with Gasteiger partial charge in [-0.2, -0.15) is 0 Å². The van der Waals surface area contributed by atoms with Crippen LogP contribution in [0.5, 0.6) is 0 Å². The maximum Gasteiger partial charge on any atom is 0.199 e. The maximum absolute atomic E-state index is 13.7. The van der Waals surface area contributed by atoms with E-state index in [0.29, 0.717) is 17.1 Å². The molecule has 88 valence electrons. The summed E-state index contributed by atoms with van der Waals surface area (Å²) in [6, 6.07) is 5.95. The molecule has 1 heterocycles. The van der Waals surface area contributed by atoms with Crippen molar-refractivity contribution in [1.82, 2.24) is 0 Å². The SMILES string of the molecule is Cc1cc(C(=O)c2cccc(Cl)c2F)c(C)o1. The smallest absolute Gasteiger partial charge is 0.199 e. The van der Waals surface area contributed by atoms with Gasteiger partial charge in [-0.25, -0.2) is 4.39 Å². The summed E-state index contributed by atoms with van der Waals surface area (Å²) in [6.07, 6.45) is 0. The van der Waals surface area contributed by atoms with E-state index in [0.717, 1.165) is 0 Å². The normalized spacial score (nSPS) is 10.6. The first-order valence-corrected chi connectivity index (χ1v) is 5.44. The molecule has 0 amide bonds. The van der Waals surface area contributed by atoms with Gasteiger partial charge in [-0.1, -0.05) is 17.7 Å². The van der Waals surface area contributed by atoms with Crippen LogP contribution in [0.1, 0.15) is 27.4 Å². The van der Waals surface area contributed by atoms with Crippen LogP contribution in [0.4, 0.5) is 4.39 Å². The van der Waals surface area contributed by atoms with Crippen LogP contribution in [-0.4, -0.2) is 5.78 Å². The van der Waals surface area contributed by atoms with Gasteiger partial charge in [0.05, 0.1) is 16.1 Å². The molecule has 0 spiro atoms. The number of benzene rings is 1. The fraction of sp³-hybridized carbons (Fsp3) is 0.154. The predicted octanol–water partition coefficient (Wildman–Crippen LogP) is 3.92. The largest absolute Gasteiger partial charge is 0.466 e. The Bertz CT molecular complexity index is 587. The van der Waals surface area contributed by atoms with Gasteiger partial charge < -0.3 is 4.42 Å². The average Bonchev–Trinajstić information content (AvgIpc) is 2.61. The molecule has 0 radical (unpaired) electrons. The van der Waals surface area contributed by atoms with Gasteiger partial charge in [-0.15, -0.1) is 0 Å². The lowest BCUT2D eigenvalue weighted by Crippen LogP contribution is -2.04. The zero-order valence-corrected chi connectivity index (χ0v) is 10.1. The number of hydrogen-bond acceptors (Lipinski definition) is 2. The van der Waals surface area contributed by atoms with E-state index in [1.807, 2.05) is 0 Å². The quantitative estimate of drug-likeness (QED) is 0.759. The van der Waals surface area contributed by atoms with Crippen molar-refractivity contribution in [2.45, 2.75) is 13.8 Å². The number of ketones is 1. The topological polar surface area (TPSA) is 30.2 Å². The van der Waals surface area contributed by atoms with Crippen molar-refractivity contribution in [1.29, 1.82) is 0 Å². The van der Waals surface area contributed by atoms with Crippen LogP contribution in [0.15, 0.2) is 28.7 Å². The van der Waals surface area contributed by atoms with Crippen LogP contribution in [-0.2, 0) is 0 Å². The van der Waals surface area contributed by atoms with Crippen molar-refractivity contribution in [2.24, 2.45) is 0 Å². The van der Waals surface area contributed by atoms with E-state index in [1.54, 1.807) is 26.0 Å². The van der Waals surface area contributed by atoms with Crippen LogP contribution < -0.4 is 0 Å². The minimum absolute atomic E-state index is 0.0404. The summed E-state index contributed by atoms with van der Waals surface area (Å²) >= 11 is 5.64. The molecule has 1 aromatic carbocycles. The monoisotopic (exact) mass is 252 g/mol.